The molecule has 84 valence electrons. The van der Waals surface area contributed by atoms with Gasteiger partial charge in [0, 0.05) is 0 Å². The van der Waals surface area contributed by atoms with Crippen molar-refractivity contribution in [3.05, 3.63) is 0 Å². The monoisotopic (exact) mass is 242 g/mol. The fourth-order valence-electron chi connectivity index (χ4n) is 0.801. The van der Waals surface area contributed by atoms with E-state index in [1.165, 1.54) is 18.9 Å². The number of ether oxygens (including phenoxy) is 1. The Bertz CT molecular complexity index is 278. The normalized spacial score (nSPS) is 13.6. The second-order valence-corrected chi connectivity index (χ2v) is 4.83. The maximum atomic E-state index is 11.1. The highest BCUT2D eigenvalue weighted by molar-refractivity contribution is 7.98. The molecule has 6 nitrogen and oxygen atoms in total. The third kappa shape index (κ3) is 6.19. The van der Waals surface area contributed by atoms with Gasteiger partial charge in [-0.25, -0.2) is 5.14 Å². The molecule has 0 heterocycles. The predicted molar refractivity (Wildman–Crippen MR) is 55.0 cm³/mol. The van der Waals surface area contributed by atoms with Crippen LogP contribution in [0, 0.1) is 0 Å². The van der Waals surface area contributed by atoms with Crippen LogP contribution in [0.2, 0.25) is 0 Å². The molecule has 1 atom stereocenters. The smallest absolute Gasteiger partial charge is 0.323 e. The Morgan fingerprint density at radius 1 is 1.64 bits per heavy atom. The van der Waals surface area contributed by atoms with Crippen molar-refractivity contribution in [3.8, 4) is 0 Å². The minimum Gasteiger partial charge on any atom is -0.468 e. The second kappa shape index (κ2) is 6.23. The molecule has 0 saturated heterocycles. The zero-order valence-electron chi connectivity index (χ0n) is 8.02. The van der Waals surface area contributed by atoms with E-state index < -0.39 is 22.2 Å². The fraction of sp³-hybridized carbons (Fsp3) is 0.833. The maximum absolute atomic E-state index is 11.1. The molecule has 0 rings (SSSR count). The number of nitrogens with one attached hydrogen (secondary N) is 1. The Morgan fingerprint density at radius 3 is 2.57 bits per heavy atom. The van der Waals surface area contributed by atoms with E-state index in [2.05, 4.69) is 4.74 Å². The van der Waals surface area contributed by atoms with Gasteiger partial charge in [0.15, 0.2) is 0 Å². The SMILES string of the molecule is COC(=O)C(CCSC)NS(N)(=O)=O. The Hall–Kier alpha value is -0.310. The van der Waals surface area contributed by atoms with Crippen LogP contribution in [0.1, 0.15) is 6.42 Å². The third-order valence-electron chi connectivity index (χ3n) is 1.40. The number of carbonyl (C=O) groups excluding carboxylic acids is 1. The van der Waals surface area contributed by atoms with E-state index in [9.17, 15) is 13.2 Å². The van der Waals surface area contributed by atoms with Gasteiger partial charge in [-0.05, 0) is 18.4 Å². The molecule has 0 aromatic rings. The number of methoxy groups -OCH3 is 1. The molecule has 3 N–H and O–H groups in total. The van der Waals surface area contributed by atoms with E-state index >= 15 is 0 Å². The van der Waals surface area contributed by atoms with E-state index in [0.717, 1.165) is 0 Å². The highest BCUT2D eigenvalue weighted by Gasteiger charge is 2.22. The Kier molecular flexibility index (Phi) is 6.09. The van der Waals surface area contributed by atoms with E-state index in [4.69, 9.17) is 5.14 Å². The Labute approximate surface area is 87.7 Å². The van der Waals surface area contributed by atoms with Gasteiger partial charge in [-0.2, -0.15) is 24.9 Å². The van der Waals surface area contributed by atoms with Crippen molar-refractivity contribution in [2.75, 3.05) is 19.1 Å². The number of nitrogens with two attached hydrogens (primary N) is 1. The summed E-state index contributed by atoms with van der Waals surface area (Å²) < 4.78 is 27.8. The second-order valence-electron chi connectivity index (χ2n) is 2.52. The van der Waals surface area contributed by atoms with E-state index in [0.29, 0.717) is 12.2 Å². The summed E-state index contributed by atoms with van der Waals surface area (Å²) >= 11 is 1.50. The van der Waals surface area contributed by atoms with Crippen LogP contribution in [-0.2, 0) is 19.7 Å². The van der Waals surface area contributed by atoms with E-state index in [1.54, 1.807) is 0 Å². The minimum absolute atomic E-state index is 0.351. The van der Waals surface area contributed by atoms with Crippen LogP contribution in [0.4, 0.5) is 0 Å². The standard InChI is InChI=1S/C6H14N2O4S2/c1-12-6(9)5(3-4-13-2)8-14(7,10)11/h5,8H,3-4H2,1-2H3,(H2,7,10,11). The van der Waals surface area contributed by atoms with Gasteiger partial charge < -0.3 is 4.74 Å². The molecular formula is C6H14N2O4S2. The first-order valence-electron chi connectivity index (χ1n) is 3.77. The lowest BCUT2D eigenvalue weighted by molar-refractivity contribution is -0.142. The summed E-state index contributed by atoms with van der Waals surface area (Å²) in [5.41, 5.74) is 0. The van der Waals surface area contributed by atoms with Gasteiger partial charge >= 0.3 is 5.97 Å². The van der Waals surface area contributed by atoms with Gasteiger partial charge in [0.05, 0.1) is 7.11 Å². The largest absolute Gasteiger partial charge is 0.468 e. The molecule has 0 aromatic heterocycles. The van der Waals surface area contributed by atoms with Gasteiger partial charge in [-0.3, -0.25) is 4.79 Å². The van der Waals surface area contributed by atoms with Crippen LogP contribution in [0.15, 0.2) is 0 Å². The predicted octanol–water partition coefficient (Wildman–Crippen LogP) is -0.926. The quantitative estimate of drug-likeness (QED) is 0.587. The molecule has 0 aliphatic rings. The third-order valence-corrected chi connectivity index (χ3v) is 2.66. The summed E-state index contributed by atoms with van der Waals surface area (Å²) in [5.74, 6) is 0.00975. The lowest BCUT2D eigenvalue weighted by Gasteiger charge is -2.13. The van der Waals surface area contributed by atoms with Crippen molar-refractivity contribution in [2.45, 2.75) is 12.5 Å². The van der Waals surface area contributed by atoms with Gasteiger partial charge in [-0.1, -0.05) is 0 Å². The highest BCUT2D eigenvalue weighted by Crippen LogP contribution is 2.02. The lowest BCUT2D eigenvalue weighted by Crippen LogP contribution is -2.44. The Morgan fingerprint density at radius 2 is 2.21 bits per heavy atom. The molecule has 0 aliphatic carbocycles. The number of hydrogen-bond acceptors (Lipinski definition) is 5. The molecule has 0 spiro atoms. The number of thioether (sulfide) groups is 1. The van der Waals surface area contributed by atoms with Crippen LogP contribution < -0.4 is 9.86 Å². The molecule has 0 saturated carbocycles. The molecule has 1 unspecified atom stereocenters. The topological polar surface area (TPSA) is 98.5 Å². The molecule has 0 bridgehead atoms. The minimum atomic E-state index is -3.87. The van der Waals surface area contributed by atoms with Gasteiger partial charge in [0.1, 0.15) is 6.04 Å². The summed E-state index contributed by atoms with van der Waals surface area (Å²) in [7, 11) is -2.68. The lowest BCUT2D eigenvalue weighted by atomic mass is 10.2. The van der Waals surface area contributed by atoms with Gasteiger partial charge in [0.2, 0.25) is 0 Å². The Balaban J connectivity index is 4.32. The van der Waals surface area contributed by atoms with Crippen molar-refractivity contribution < 1.29 is 17.9 Å². The molecule has 14 heavy (non-hydrogen) atoms. The first-order chi connectivity index (χ1) is 6.40. The summed E-state index contributed by atoms with van der Waals surface area (Å²) in [6.07, 6.45) is 2.20. The fourth-order valence-corrected chi connectivity index (χ4v) is 1.88. The van der Waals surface area contributed by atoms with Crippen molar-refractivity contribution in [3.63, 3.8) is 0 Å². The van der Waals surface area contributed by atoms with Crippen LogP contribution in [0.5, 0.6) is 0 Å². The number of carbonyl (C=O) groups is 1. The summed E-state index contributed by atoms with van der Waals surface area (Å²) in [6.45, 7) is 0. The average Bonchev–Trinajstić information content (AvgIpc) is 2.09. The maximum Gasteiger partial charge on any atom is 0.323 e. The molecule has 0 aliphatic heterocycles. The molecule has 0 aromatic carbocycles. The molecule has 8 heteroatoms. The summed E-state index contributed by atoms with van der Waals surface area (Å²) in [5, 5.41) is 4.75. The summed E-state index contributed by atoms with van der Waals surface area (Å²) in [4.78, 5) is 11.1. The van der Waals surface area contributed by atoms with Crippen LogP contribution in [0.25, 0.3) is 0 Å². The molecular weight excluding hydrogens is 228 g/mol. The number of rotatable bonds is 6. The van der Waals surface area contributed by atoms with E-state index in [1.807, 2.05) is 11.0 Å². The van der Waals surface area contributed by atoms with Gasteiger partial charge in [0.25, 0.3) is 10.2 Å². The van der Waals surface area contributed by atoms with E-state index in [-0.39, 0.29) is 0 Å². The number of esters is 1. The number of hydrogen-bond donors (Lipinski definition) is 2. The first kappa shape index (κ1) is 13.7. The van der Waals surface area contributed by atoms with Crippen molar-refractivity contribution >= 4 is 27.9 Å². The highest BCUT2D eigenvalue weighted by atomic mass is 32.2. The summed E-state index contributed by atoms with van der Waals surface area (Å²) in [6, 6.07) is -0.901. The average molecular weight is 242 g/mol. The van der Waals surface area contributed by atoms with Crippen molar-refractivity contribution in [2.24, 2.45) is 5.14 Å². The zero-order chi connectivity index (χ0) is 11.2. The first-order valence-corrected chi connectivity index (χ1v) is 6.71. The molecule has 0 fully saturated rings. The molecule has 0 radical (unpaired) electrons. The van der Waals surface area contributed by atoms with Crippen LogP contribution in [0.3, 0.4) is 0 Å². The van der Waals surface area contributed by atoms with Crippen LogP contribution in [-0.4, -0.2) is 39.5 Å². The van der Waals surface area contributed by atoms with Gasteiger partial charge in [-0.15, -0.1) is 0 Å². The van der Waals surface area contributed by atoms with Crippen LogP contribution >= 0.6 is 11.8 Å². The molecule has 0 amide bonds. The van der Waals surface area contributed by atoms with Crippen molar-refractivity contribution in [1.82, 2.24) is 4.72 Å². The zero-order valence-corrected chi connectivity index (χ0v) is 9.65. The van der Waals surface area contributed by atoms with Crippen molar-refractivity contribution in [1.29, 1.82) is 0 Å².